The van der Waals surface area contributed by atoms with E-state index in [4.69, 9.17) is 26.3 Å². The van der Waals surface area contributed by atoms with Crippen molar-refractivity contribution < 1.29 is 13.2 Å². The Kier molecular flexibility index (Phi) is 7.52. The zero-order valence-electron chi connectivity index (χ0n) is 22.1. The number of hydrogen-bond donors (Lipinski definition) is 3. The van der Waals surface area contributed by atoms with Gasteiger partial charge in [-0.25, -0.2) is 22.7 Å². The van der Waals surface area contributed by atoms with E-state index in [2.05, 4.69) is 27.9 Å². The molecule has 12 heteroatoms. The first-order valence-corrected chi connectivity index (χ1v) is 15.2. The number of rotatable bonds is 6. The van der Waals surface area contributed by atoms with Crippen molar-refractivity contribution in [1.82, 2.24) is 30.2 Å². The summed E-state index contributed by atoms with van der Waals surface area (Å²) in [5.74, 6) is 1.85. The summed E-state index contributed by atoms with van der Waals surface area (Å²) in [4.78, 5) is 14.2. The number of benzene rings is 1. The van der Waals surface area contributed by atoms with E-state index in [9.17, 15) is 8.42 Å². The predicted molar refractivity (Wildman–Crippen MR) is 149 cm³/mol. The van der Waals surface area contributed by atoms with Crippen molar-refractivity contribution in [3.63, 3.8) is 0 Å². The Morgan fingerprint density at radius 3 is 2.68 bits per heavy atom. The van der Waals surface area contributed by atoms with Crippen LogP contribution in [0.5, 0.6) is 5.88 Å². The summed E-state index contributed by atoms with van der Waals surface area (Å²) in [5.41, 5.74) is 4.37. The molecule has 204 valence electrons. The number of aliphatic imine (C=N–C) groups is 1. The molecule has 2 unspecified atom stereocenters. The maximum atomic E-state index is 11.9. The molecular weight excluding hydrogens is 526 g/mol. The van der Waals surface area contributed by atoms with E-state index < -0.39 is 15.6 Å². The lowest BCUT2D eigenvalue weighted by atomic mass is 10.1. The molecule has 3 aliphatic rings. The fourth-order valence-electron chi connectivity index (χ4n) is 4.97. The number of hydrogen-bond acceptors (Lipinski definition) is 9. The molecule has 3 N–H and O–H groups in total. The Labute approximate surface area is 228 Å². The minimum atomic E-state index is -3.20. The number of amidine groups is 1. The van der Waals surface area contributed by atoms with Gasteiger partial charge < -0.3 is 20.7 Å². The van der Waals surface area contributed by atoms with Crippen LogP contribution < -0.4 is 20.7 Å². The summed E-state index contributed by atoms with van der Waals surface area (Å²) in [6.07, 6.45) is 5.97. The molecule has 2 aromatic rings. The van der Waals surface area contributed by atoms with Crippen LogP contribution in [-0.2, 0) is 10.0 Å². The highest BCUT2D eigenvalue weighted by atomic mass is 35.5. The number of alkyl halides is 1. The predicted octanol–water partition coefficient (Wildman–Crippen LogP) is 3.41. The average molecular weight is 560 g/mol. The second kappa shape index (κ2) is 10.7. The zero-order chi connectivity index (χ0) is 27.0. The highest BCUT2D eigenvalue weighted by molar-refractivity contribution is 7.88. The second-order valence-corrected chi connectivity index (χ2v) is 12.5. The Hall–Kier alpha value is -2.89. The highest BCUT2D eigenvalue weighted by Crippen LogP contribution is 2.31. The van der Waals surface area contributed by atoms with Crippen molar-refractivity contribution in [2.24, 2.45) is 4.99 Å². The van der Waals surface area contributed by atoms with Crippen molar-refractivity contribution in [3.05, 3.63) is 52.8 Å². The molecule has 0 spiro atoms. The number of fused-ring (bicyclic) bond motifs is 2. The molecule has 3 aliphatic heterocycles. The molecule has 0 radical (unpaired) electrons. The molecule has 4 heterocycles. The minimum Gasteiger partial charge on any atom is -0.474 e. The summed E-state index contributed by atoms with van der Waals surface area (Å²) in [5, 5.41) is 11.0. The maximum Gasteiger partial charge on any atom is 0.225 e. The van der Waals surface area contributed by atoms with E-state index >= 15 is 0 Å². The molecule has 0 amide bonds. The van der Waals surface area contributed by atoms with E-state index in [1.165, 1.54) is 16.1 Å². The van der Waals surface area contributed by atoms with Crippen LogP contribution >= 0.6 is 11.6 Å². The SMILES string of the molecule is CC1=CNC2=NC(Cl)NC2=C(NC(C)c2nc(OC3CCN(S(C)(=O)=O)CC3)c3c(C)cccc3n2)CC1. The van der Waals surface area contributed by atoms with Gasteiger partial charge in [0.1, 0.15) is 6.10 Å². The standard InChI is InChI=1S/C26H34ClN7O3S/c1-15-8-9-20(22-24(28-14-15)33-26(27)31-22)29-17(3)23-30-19-7-5-6-16(2)21(19)25(32-23)37-18-10-12-34(13-11-18)38(4,35)36/h5-7,14,17-18,26,29,31H,8-13H2,1-4H3,(H,28,33). The third-order valence-electron chi connectivity index (χ3n) is 7.11. The number of sulfonamides is 1. The molecule has 2 atom stereocenters. The molecule has 0 bridgehead atoms. The number of aromatic nitrogens is 2. The summed E-state index contributed by atoms with van der Waals surface area (Å²) in [6, 6.07) is 5.74. The van der Waals surface area contributed by atoms with Gasteiger partial charge in [0.15, 0.2) is 17.3 Å². The quantitative estimate of drug-likeness (QED) is 0.364. The van der Waals surface area contributed by atoms with Gasteiger partial charge in [0.05, 0.1) is 28.9 Å². The van der Waals surface area contributed by atoms with Crippen molar-refractivity contribution in [2.75, 3.05) is 19.3 Å². The summed E-state index contributed by atoms with van der Waals surface area (Å²) >= 11 is 6.28. The number of ether oxygens (including phenoxy) is 1. The van der Waals surface area contributed by atoms with Gasteiger partial charge in [0, 0.05) is 25.0 Å². The number of nitrogens with one attached hydrogen (secondary N) is 3. The molecule has 5 rings (SSSR count). The Morgan fingerprint density at radius 1 is 1.18 bits per heavy atom. The normalized spacial score (nSPS) is 22.0. The van der Waals surface area contributed by atoms with Crippen LogP contribution in [0.2, 0.25) is 0 Å². The Balaban J connectivity index is 1.42. The second-order valence-electron chi connectivity index (χ2n) is 10.1. The van der Waals surface area contributed by atoms with Crippen LogP contribution in [-0.4, -0.2) is 59.6 Å². The van der Waals surface area contributed by atoms with E-state index in [1.807, 2.05) is 38.2 Å². The van der Waals surface area contributed by atoms with E-state index in [0.29, 0.717) is 43.5 Å². The summed E-state index contributed by atoms with van der Waals surface area (Å²) in [6.45, 7) is 7.00. The van der Waals surface area contributed by atoms with Gasteiger partial charge >= 0.3 is 0 Å². The summed E-state index contributed by atoms with van der Waals surface area (Å²) < 4.78 is 31.8. The Bertz CT molecular complexity index is 1430. The third kappa shape index (κ3) is 5.74. The number of nitrogens with zero attached hydrogens (tertiary/aromatic N) is 4. The third-order valence-corrected chi connectivity index (χ3v) is 8.62. The lowest BCUT2D eigenvalue weighted by Crippen LogP contribution is -2.41. The molecule has 0 saturated carbocycles. The molecule has 1 fully saturated rings. The molecule has 1 aromatic heterocycles. The molecule has 1 aromatic carbocycles. The monoisotopic (exact) mass is 559 g/mol. The number of halogens is 1. The van der Waals surface area contributed by atoms with Gasteiger partial charge in [-0.3, -0.25) is 0 Å². The van der Waals surface area contributed by atoms with Crippen molar-refractivity contribution in [3.8, 4) is 5.88 Å². The topological polar surface area (TPSA) is 121 Å². The molecular formula is C26H34ClN7O3S. The lowest BCUT2D eigenvalue weighted by Gasteiger charge is -2.30. The molecule has 10 nitrogen and oxygen atoms in total. The Morgan fingerprint density at radius 2 is 1.95 bits per heavy atom. The number of aryl methyl sites for hydroxylation is 1. The van der Waals surface area contributed by atoms with Gasteiger partial charge in [-0.05, 0) is 58.1 Å². The van der Waals surface area contributed by atoms with E-state index in [0.717, 1.165) is 40.7 Å². The van der Waals surface area contributed by atoms with Gasteiger partial charge in [-0.2, -0.15) is 4.98 Å². The first-order valence-electron chi connectivity index (χ1n) is 12.9. The van der Waals surface area contributed by atoms with Gasteiger partial charge in [-0.15, -0.1) is 0 Å². The van der Waals surface area contributed by atoms with Crippen molar-refractivity contribution in [1.29, 1.82) is 0 Å². The number of allylic oxidation sites excluding steroid dienone is 2. The summed E-state index contributed by atoms with van der Waals surface area (Å²) in [7, 11) is -3.20. The first kappa shape index (κ1) is 26.7. The van der Waals surface area contributed by atoms with Crippen LogP contribution in [0.3, 0.4) is 0 Å². The fraction of sp³-hybridized carbons (Fsp3) is 0.500. The van der Waals surface area contributed by atoms with Gasteiger partial charge in [0.25, 0.3) is 0 Å². The minimum absolute atomic E-state index is 0.125. The van der Waals surface area contributed by atoms with Crippen molar-refractivity contribution >= 4 is 38.4 Å². The fourth-order valence-corrected chi connectivity index (χ4v) is 6.05. The smallest absolute Gasteiger partial charge is 0.225 e. The van der Waals surface area contributed by atoms with E-state index in [1.54, 1.807) is 0 Å². The van der Waals surface area contributed by atoms with Crippen LogP contribution in [0.4, 0.5) is 0 Å². The molecule has 38 heavy (non-hydrogen) atoms. The van der Waals surface area contributed by atoms with Gasteiger partial charge in [-0.1, -0.05) is 29.3 Å². The van der Waals surface area contributed by atoms with Crippen LogP contribution in [0.25, 0.3) is 10.9 Å². The zero-order valence-corrected chi connectivity index (χ0v) is 23.7. The van der Waals surface area contributed by atoms with Crippen LogP contribution in [0, 0.1) is 6.92 Å². The average Bonchev–Trinajstić information content (AvgIpc) is 3.23. The molecule has 0 aliphatic carbocycles. The van der Waals surface area contributed by atoms with Crippen LogP contribution in [0.15, 0.2) is 46.4 Å². The van der Waals surface area contributed by atoms with Crippen LogP contribution in [0.1, 0.15) is 57.0 Å². The maximum absolute atomic E-state index is 11.9. The first-order chi connectivity index (χ1) is 18.1. The van der Waals surface area contributed by atoms with E-state index in [-0.39, 0.29) is 12.1 Å². The highest BCUT2D eigenvalue weighted by Gasteiger charge is 2.28. The van der Waals surface area contributed by atoms with Crippen molar-refractivity contribution in [2.45, 2.75) is 64.2 Å². The molecule has 1 saturated heterocycles. The number of piperidine rings is 1. The van der Waals surface area contributed by atoms with Gasteiger partial charge in [0.2, 0.25) is 15.9 Å². The lowest BCUT2D eigenvalue weighted by molar-refractivity contribution is 0.131. The largest absolute Gasteiger partial charge is 0.474 e.